The molecule has 0 aromatic heterocycles. The molecule has 2 rings (SSSR count). The van der Waals surface area contributed by atoms with Crippen molar-refractivity contribution in [2.24, 2.45) is 17.8 Å². The molecule has 1 amide bonds. The van der Waals surface area contributed by atoms with Gasteiger partial charge in [0.2, 0.25) is 5.91 Å². The van der Waals surface area contributed by atoms with Gasteiger partial charge in [0.15, 0.2) is 0 Å². The van der Waals surface area contributed by atoms with E-state index in [0.29, 0.717) is 24.3 Å². The van der Waals surface area contributed by atoms with Crippen LogP contribution in [0.3, 0.4) is 0 Å². The molecule has 0 bridgehead atoms. The van der Waals surface area contributed by atoms with Gasteiger partial charge >= 0.3 is 0 Å². The van der Waals surface area contributed by atoms with Gasteiger partial charge in [0.05, 0.1) is 6.54 Å². The molecule has 0 aromatic rings. The lowest BCUT2D eigenvalue weighted by molar-refractivity contribution is -0.135. The number of hydrogen-bond donors (Lipinski definition) is 1. The van der Waals surface area contributed by atoms with Gasteiger partial charge in [-0.05, 0) is 63.2 Å². The molecule has 130 valence electrons. The molecule has 2 aliphatic rings. The van der Waals surface area contributed by atoms with Crippen molar-refractivity contribution in [3.63, 3.8) is 0 Å². The fraction of sp³-hybridized carbons (Fsp3) is 0.941. The first-order chi connectivity index (χ1) is 10.1. The van der Waals surface area contributed by atoms with Crippen molar-refractivity contribution in [2.75, 3.05) is 45.8 Å². The van der Waals surface area contributed by atoms with Gasteiger partial charge in [-0.15, -0.1) is 12.4 Å². The average molecular weight is 332 g/mol. The number of amides is 1. The minimum Gasteiger partial charge on any atom is -0.341 e. The lowest BCUT2D eigenvalue weighted by atomic mass is 9.92. The minimum atomic E-state index is 0. The van der Waals surface area contributed by atoms with Crippen LogP contribution in [0.15, 0.2) is 0 Å². The third-order valence-electron chi connectivity index (χ3n) is 4.97. The van der Waals surface area contributed by atoms with E-state index in [1.165, 1.54) is 19.3 Å². The lowest BCUT2D eigenvalue weighted by Gasteiger charge is -2.37. The highest BCUT2D eigenvalue weighted by molar-refractivity contribution is 5.85. The highest BCUT2D eigenvalue weighted by Crippen LogP contribution is 2.22. The Hall–Kier alpha value is -0.320. The molecule has 0 radical (unpaired) electrons. The summed E-state index contributed by atoms with van der Waals surface area (Å²) in [6.45, 7) is 13.6. The van der Waals surface area contributed by atoms with Gasteiger partial charge in [-0.25, -0.2) is 0 Å². The molecule has 2 heterocycles. The Morgan fingerprint density at radius 2 is 1.73 bits per heavy atom. The summed E-state index contributed by atoms with van der Waals surface area (Å²) in [6.07, 6.45) is 3.72. The average Bonchev–Trinajstić information content (AvgIpc) is 2.45. The topological polar surface area (TPSA) is 35.6 Å². The molecular formula is C17H34ClN3O. The molecular weight excluding hydrogens is 298 g/mol. The van der Waals surface area contributed by atoms with Gasteiger partial charge in [0.25, 0.3) is 0 Å². The quantitative estimate of drug-likeness (QED) is 0.839. The van der Waals surface area contributed by atoms with Gasteiger partial charge in [-0.2, -0.15) is 0 Å². The van der Waals surface area contributed by atoms with E-state index in [-0.39, 0.29) is 12.4 Å². The van der Waals surface area contributed by atoms with Crippen LogP contribution in [0.5, 0.6) is 0 Å². The van der Waals surface area contributed by atoms with E-state index in [0.717, 1.165) is 45.2 Å². The SMILES string of the molecule is CCNCC1CCN(CC(=O)N2CC(C)CC(C)C2)CC1.Cl. The number of hydrogen-bond acceptors (Lipinski definition) is 3. The highest BCUT2D eigenvalue weighted by atomic mass is 35.5. The summed E-state index contributed by atoms with van der Waals surface area (Å²) in [5.74, 6) is 2.46. The van der Waals surface area contributed by atoms with Gasteiger partial charge < -0.3 is 10.2 Å². The third kappa shape index (κ3) is 6.05. The van der Waals surface area contributed by atoms with Crippen LogP contribution in [0.1, 0.15) is 40.0 Å². The number of halogens is 1. The van der Waals surface area contributed by atoms with E-state index < -0.39 is 0 Å². The smallest absolute Gasteiger partial charge is 0.236 e. The molecule has 4 nitrogen and oxygen atoms in total. The normalized spacial score (nSPS) is 27.5. The zero-order valence-electron chi connectivity index (χ0n) is 14.5. The van der Waals surface area contributed by atoms with Crippen molar-refractivity contribution in [3.8, 4) is 0 Å². The van der Waals surface area contributed by atoms with Crippen molar-refractivity contribution < 1.29 is 4.79 Å². The van der Waals surface area contributed by atoms with E-state index in [4.69, 9.17) is 0 Å². The number of nitrogens with one attached hydrogen (secondary N) is 1. The minimum absolute atomic E-state index is 0. The number of rotatable bonds is 5. The predicted molar refractivity (Wildman–Crippen MR) is 94.5 cm³/mol. The first-order valence-corrected chi connectivity index (χ1v) is 8.79. The van der Waals surface area contributed by atoms with E-state index >= 15 is 0 Å². The number of carbonyl (C=O) groups is 1. The summed E-state index contributed by atoms with van der Waals surface area (Å²) in [7, 11) is 0. The maximum atomic E-state index is 12.5. The summed E-state index contributed by atoms with van der Waals surface area (Å²) in [5.41, 5.74) is 0. The van der Waals surface area contributed by atoms with Crippen LogP contribution in [-0.4, -0.2) is 61.5 Å². The van der Waals surface area contributed by atoms with Crippen molar-refractivity contribution >= 4 is 18.3 Å². The molecule has 2 unspecified atom stereocenters. The van der Waals surface area contributed by atoms with Crippen LogP contribution in [0.25, 0.3) is 0 Å². The highest BCUT2D eigenvalue weighted by Gasteiger charge is 2.27. The monoisotopic (exact) mass is 331 g/mol. The van der Waals surface area contributed by atoms with Crippen LogP contribution in [0, 0.1) is 17.8 Å². The molecule has 2 atom stereocenters. The van der Waals surface area contributed by atoms with Gasteiger partial charge in [-0.3, -0.25) is 9.69 Å². The standard InChI is InChI=1S/C17H33N3O.ClH/c1-4-18-10-16-5-7-19(8-6-16)13-17(21)20-11-14(2)9-15(3)12-20;/h14-16,18H,4-13H2,1-3H3;1H. The Kier molecular flexibility index (Phi) is 8.73. The van der Waals surface area contributed by atoms with E-state index in [1.807, 2.05) is 0 Å². The second kappa shape index (κ2) is 9.74. The van der Waals surface area contributed by atoms with Crippen molar-refractivity contribution in [2.45, 2.75) is 40.0 Å². The Labute approximate surface area is 142 Å². The molecule has 0 aromatic carbocycles. The fourth-order valence-corrected chi connectivity index (χ4v) is 3.85. The summed E-state index contributed by atoms with van der Waals surface area (Å²) in [4.78, 5) is 16.9. The summed E-state index contributed by atoms with van der Waals surface area (Å²) < 4.78 is 0. The van der Waals surface area contributed by atoms with Crippen molar-refractivity contribution in [1.29, 1.82) is 0 Å². The predicted octanol–water partition coefficient (Wildman–Crippen LogP) is 2.23. The summed E-state index contributed by atoms with van der Waals surface area (Å²) >= 11 is 0. The molecule has 5 heteroatoms. The third-order valence-corrected chi connectivity index (χ3v) is 4.97. The van der Waals surface area contributed by atoms with Crippen LogP contribution in [0.2, 0.25) is 0 Å². The second-order valence-corrected chi connectivity index (χ2v) is 7.27. The Balaban J connectivity index is 0.00000242. The van der Waals surface area contributed by atoms with Gasteiger partial charge in [-0.1, -0.05) is 20.8 Å². The Morgan fingerprint density at radius 3 is 2.27 bits per heavy atom. The molecule has 0 saturated carbocycles. The van der Waals surface area contributed by atoms with E-state index in [1.54, 1.807) is 0 Å². The summed E-state index contributed by atoms with van der Waals surface area (Å²) in [6, 6.07) is 0. The van der Waals surface area contributed by atoms with E-state index in [9.17, 15) is 4.79 Å². The maximum Gasteiger partial charge on any atom is 0.236 e. The molecule has 2 aliphatic heterocycles. The van der Waals surface area contributed by atoms with Crippen molar-refractivity contribution in [1.82, 2.24) is 15.1 Å². The van der Waals surface area contributed by atoms with Crippen molar-refractivity contribution in [3.05, 3.63) is 0 Å². The first-order valence-electron chi connectivity index (χ1n) is 8.79. The molecule has 0 aliphatic carbocycles. The molecule has 2 fully saturated rings. The zero-order valence-corrected chi connectivity index (χ0v) is 15.3. The maximum absolute atomic E-state index is 12.5. The molecule has 22 heavy (non-hydrogen) atoms. The second-order valence-electron chi connectivity index (χ2n) is 7.27. The van der Waals surface area contributed by atoms with Gasteiger partial charge in [0, 0.05) is 13.1 Å². The number of nitrogens with zero attached hydrogens (tertiary/aromatic N) is 2. The number of piperidine rings is 2. The molecule has 1 N–H and O–H groups in total. The fourth-order valence-electron chi connectivity index (χ4n) is 3.85. The lowest BCUT2D eigenvalue weighted by Crippen LogP contribution is -2.48. The molecule has 2 saturated heterocycles. The summed E-state index contributed by atoms with van der Waals surface area (Å²) in [5, 5.41) is 3.44. The van der Waals surface area contributed by atoms with E-state index in [2.05, 4.69) is 35.9 Å². The van der Waals surface area contributed by atoms with Crippen LogP contribution in [-0.2, 0) is 4.79 Å². The largest absolute Gasteiger partial charge is 0.341 e. The Morgan fingerprint density at radius 1 is 1.14 bits per heavy atom. The van der Waals surface area contributed by atoms with Crippen LogP contribution < -0.4 is 5.32 Å². The van der Waals surface area contributed by atoms with Crippen LogP contribution in [0.4, 0.5) is 0 Å². The number of carbonyl (C=O) groups excluding carboxylic acids is 1. The number of likely N-dealkylation sites (tertiary alicyclic amines) is 2. The Bertz CT molecular complexity index is 322. The van der Waals surface area contributed by atoms with Gasteiger partial charge in [0.1, 0.15) is 0 Å². The van der Waals surface area contributed by atoms with Crippen LogP contribution >= 0.6 is 12.4 Å². The zero-order chi connectivity index (χ0) is 15.2. The first kappa shape index (κ1) is 19.7. The molecule has 0 spiro atoms.